The molecule has 17 nitrogen and oxygen atoms in total. The SMILES string of the molecule is CC/C=C\C/C=C\C/C=C\C/C=C\C/C=C\C/C=C\CCC(=O)OCC(COP(=O)(O)OCC(O)COP(=O)(O)OCC(COC(=O)CCCCCCCCCCCCCCCCC)OC(=O)CCCCCCCCCCCCCCCCC)OC(=O)CCCCCCC/C=C\CCCCCC. The topological polar surface area (TPSA) is 237 Å². The number of carbonyl (C=O) groups excluding carboxylic acids is 4. The van der Waals surface area contributed by atoms with Crippen LogP contribution in [0.15, 0.2) is 85.1 Å². The molecule has 102 heavy (non-hydrogen) atoms. The molecule has 0 aliphatic heterocycles. The zero-order valence-electron chi connectivity index (χ0n) is 64.8. The Labute approximate surface area is 621 Å². The molecule has 0 rings (SSSR count). The molecular weight excluding hydrogens is 1330 g/mol. The summed E-state index contributed by atoms with van der Waals surface area (Å²) in [6.07, 6.45) is 78.6. The number of phosphoric acid groups is 2. The summed E-state index contributed by atoms with van der Waals surface area (Å²) in [5.74, 6) is -2.25. The van der Waals surface area contributed by atoms with E-state index in [1.165, 1.54) is 161 Å². The maximum Gasteiger partial charge on any atom is 0.472 e. The number of hydrogen-bond acceptors (Lipinski definition) is 15. The third-order valence-corrected chi connectivity index (χ3v) is 19.3. The number of esters is 4. The number of unbranched alkanes of at least 4 members (excludes halogenated alkanes) is 37. The first kappa shape index (κ1) is 98.2. The van der Waals surface area contributed by atoms with E-state index in [2.05, 4.69) is 94.5 Å². The summed E-state index contributed by atoms with van der Waals surface area (Å²) in [4.78, 5) is 73.0. The number of rotatable bonds is 77. The van der Waals surface area contributed by atoms with Gasteiger partial charge in [0.15, 0.2) is 12.2 Å². The van der Waals surface area contributed by atoms with Crippen LogP contribution < -0.4 is 0 Å². The molecule has 0 aliphatic rings. The number of phosphoric ester groups is 2. The molecule has 5 atom stereocenters. The monoisotopic (exact) mass is 1480 g/mol. The highest BCUT2D eigenvalue weighted by molar-refractivity contribution is 7.47. The Balaban J connectivity index is 5.38. The summed E-state index contributed by atoms with van der Waals surface area (Å²) >= 11 is 0. The standard InChI is InChI=1S/C83H148O17P2/c1-5-9-13-17-21-25-29-33-36-37-38-39-42-45-48-52-56-60-64-68-81(86)94-73-78(99-82(87)69-65-61-57-53-49-43-32-28-24-20-16-12-8-4)75-97-101(89,90)95-71-77(84)72-96-102(91,92)98-76-79(100-83(88)70-66-62-58-54-50-46-41-35-31-27-23-19-15-11-7-3)74-93-80(85)67-63-59-55-51-47-44-40-34-30-26-22-18-14-10-6-2/h9,13,21,25,28,32-33,36,38-39,45,48,56,60,77-79,84H,5-8,10-12,14-20,22-24,26-27,29-31,34-35,37,40-44,46-47,49-55,57-59,61-76H2,1-4H3,(H,89,90)(H,91,92)/b13-9-,25-21-,32-28-,36-33-,39-38-,48-45-,60-56-. The average Bonchev–Trinajstić information content (AvgIpc) is 0.908. The van der Waals surface area contributed by atoms with Gasteiger partial charge in [-0.25, -0.2) is 9.13 Å². The van der Waals surface area contributed by atoms with Crippen LogP contribution in [0.4, 0.5) is 0 Å². The van der Waals surface area contributed by atoms with Crippen molar-refractivity contribution in [2.24, 2.45) is 0 Å². The van der Waals surface area contributed by atoms with Gasteiger partial charge in [0.2, 0.25) is 0 Å². The van der Waals surface area contributed by atoms with Gasteiger partial charge in [-0.05, 0) is 89.9 Å². The van der Waals surface area contributed by atoms with Crippen LogP contribution >= 0.6 is 15.6 Å². The summed E-state index contributed by atoms with van der Waals surface area (Å²) < 4.78 is 68.6. The van der Waals surface area contributed by atoms with Crippen molar-refractivity contribution in [3.63, 3.8) is 0 Å². The van der Waals surface area contributed by atoms with Crippen molar-refractivity contribution < 1.29 is 80.2 Å². The minimum Gasteiger partial charge on any atom is -0.462 e. The first-order valence-corrected chi connectivity index (χ1v) is 43.8. The van der Waals surface area contributed by atoms with Gasteiger partial charge in [0.1, 0.15) is 19.3 Å². The van der Waals surface area contributed by atoms with Crippen LogP contribution in [-0.4, -0.2) is 96.7 Å². The molecule has 0 aliphatic carbocycles. The Morgan fingerprint density at radius 2 is 0.529 bits per heavy atom. The fourth-order valence-electron chi connectivity index (χ4n) is 11.2. The lowest BCUT2D eigenvalue weighted by molar-refractivity contribution is -0.161. The average molecular weight is 1480 g/mol. The van der Waals surface area contributed by atoms with E-state index in [-0.39, 0.29) is 25.7 Å². The van der Waals surface area contributed by atoms with Crippen LogP contribution in [0.5, 0.6) is 0 Å². The van der Waals surface area contributed by atoms with Gasteiger partial charge >= 0.3 is 39.5 Å². The first-order chi connectivity index (χ1) is 49.7. The number of carbonyl (C=O) groups is 4. The van der Waals surface area contributed by atoms with Gasteiger partial charge in [0.25, 0.3) is 0 Å². The van der Waals surface area contributed by atoms with Gasteiger partial charge < -0.3 is 33.8 Å². The van der Waals surface area contributed by atoms with E-state index in [1.807, 2.05) is 18.2 Å². The summed E-state index contributed by atoms with van der Waals surface area (Å²) in [5.41, 5.74) is 0. The fourth-order valence-corrected chi connectivity index (χ4v) is 12.8. The van der Waals surface area contributed by atoms with Crippen LogP contribution in [0.25, 0.3) is 0 Å². The van der Waals surface area contributed by atoms with E-state index in [4.69, 9.17) is 37.0 Å². The quantitative estimate of drug-likeness (QED) is 0.0169. The number of aliphatic hydroxyl groups excluding tert-OH is 1. The molecule has 0 aromatic carbocycles. The van der Waals surface area contributed by atoms with E-state index in [1.54, 1.807) is 0 Å². The summed E-state index contributed by atoms with van der Waals surface area (Å²) in [5, 5.41) is 10.6. The van der Waals surface area contributed by atoms with Gasteiger partial charge in [-0.15, -0.1) is 0 Å². The molecule has 3 N–H and O–H groups in total. The van der Waals surface area contributed by atoms with Crippen molar-refractivity contribution in [1.82, 2.24) is 0 Å². The molecule has 5 unspecified atom stereocenters. The maximum atomic E-state index is 13.1. The molecular formula is C83H148O17P2. The van der Waals surface area contributed by atoms with Crippen LogP contribution in [0, 0.1) is 0 Å². The third kappa shape index (κ3) is 74.5. The molecule has 592 valence electrons. The van der Waals surface area contributed by atoms with Crippen LogP contribution in [0.2, 0.25) is 0 Å². The fraction of sp³-hybridized carbons (Fsp3) is 0.783. The molecule has 0 spiro atoms. The van der Waals surface area contributed by atoms with Crippen LogP contribution in [0.1, 0.15) is 362 Å². The van der Waals surface area contributed by atoms with Crippen molar-refractivity contribution in [1.29, 1.82) is 0 Å². The van der Waals surface area contributed by atoms with E-state index in [0.29, 0.717) is 32.1 Å². The molecule has 0 bridgehead atoms. The summed E-state index contributed by atoms with van der Waals surface area (Å²) in [6, 6.07) is 0. The first-order valence-electron chi connectivity index (χ1n) is 40.8. The van der Waals surface area contributed by atoms with E-state index in [9.17, 15) is 43.2 Å². The van der Waals surface area contributed by atoms with Crippen molar-refractivity contribution in [3.05, 3.63) is 85.1 Å². The molecule has 0 aromatic rings. The second-order valence-electron chi connectivity index (χ2n) is 27.3. The Bertz CT molecular complexity index is 2260. The second kappa shape index (κ2) is 75.5. The third-order valence-electron chi connectivity index (χ3n) is 17.4. The number of aliphatic hydroxyl groups is 1. The summed E-state index contributed by atoms with van der Waals surface area (Å²) in [7, 11) is -9.96. The zero-order chi connectivity index (χ0) is 74.6. The zero-order valence-corrected chi connectivity index (χ0v) is 66.6. The number of hydrogen-bond donors (Lipinski definition) is 3. The predicted molar refractivity (Wildman–Crippen MR) is 418 cm³/mol. The highest BCUT2D eigenvalue weighted by Gasteiger charge is 2.30. The normalized spacial score (nSPS) is 14.3. The van der Waals surface area contributed by atoms with E-state index in [0.717, 1.165) is 116 Å². The maximum absolute atomic E-state index is 13.1. The number of allylic oxidation sites excluding steroid dienone is 14. The predicted octanol–water partition coefficient (Wildman–Crippen LogP) is 23.8. The molecule has 19 heteroatoms. The van der Waals surface area contributed by atoms with Gasteiger partial charge in [-0.1, -0.05) is 331 Å². The number of ether oxygens (including phenoxy) is 4. The Hall–Kier alpha value is -3.76. The van der Waals surface area contributed by atoms with Crippen LogP contribution in [-0.2, 0) is 65.4 Å². The minimum atomic E-state index is -4.99. The Morgan fingerprint density at radius 1 is 0.284 bits per heavy atom. The van der Waals surface area contributed by atoms with E-state index < -0.39 is 97.5 Å². The molecule has 0 saturated carbocycles. The van der Waals surface area contributed by atoms with E-state index >= 15 is 0 Å². The minimum absolute atomic E-state index is 0.0362. The van der Waals surface area contributed by atoms with Gasteiger partial charge in [-0.2, -0.15) is 0 Å². The Kier molecular flexibility index (Phi) is 72.7. The van der Waals surface area contributed by atoms with Gasteiger partial charge in [0, 0.05) is 25.7 Å². The molecule has 0 heterocycles. The lowest BCUT2D eigenvalue weighted by atomic mass is 10.0. The second-order valence-corrected chi connectivity index (χ2v) is 30.3. The Morgan fingerprint density at radius 3 is 0.853 bits per heavy atom. The van der Waals surface area contributed by atoms with Crippen molar-refractivity contribution in [2.75, 3.05) is 39.6 Å². The molecule has 0 amide bonds. The van der Waals surface area contributed by atoms with Crippen LogP contribution in [0.3, 0.4) is 0 Å². The van der Waals surface area contributed by atoms with Crippen molar-refractivity contribution >= 4 is 39.5 Å². The molecule has 0 radical (unpaired) electrons. The molecule has 0 aromatic heterocycles. The summed E-state index contributed by atoms with van der Waals surface area (Å²) in [6.45, 7) is 4.72. The van der Waals surface area contributed by atoms with Crippen molar-refractivity contribution in [2.45, 2.75) is 380 Å². The smallest absolute Gasteiger partial charge is 0.462 e. The lowest BCUT2D eigenvalue weighted by Crippen LogP contribution is -2.30. The van der Waals surface area contributed by atoms with Crippen molar-refractivity contribution in [3.8, 4) is 0 Å². The highest BCUT2D eigenvalue weighted by atomic mass is 31.2. The van der Waals surface area contributed by atoms with Gasteiger partial charge in [-0.3, -0.25) is 37.3 Å². The largest absolute Gasteiger partial charge is 0.472 e. The molecule has 0 fully saturated rings. The molecule has 0 saturated heterocycles. The highest BCUT2D eigenvalue weighted by Crippen LogP contribution is 2.45. The van der Waals surface area contributed by atoms with Gasteiger partial charge in [0.05, 0.1) is 26.4 Å². The lowest BCUT2D eigenvalue weighted by Gasteiger charge is -2.21.